The predicted molar refractivity (Wildman–Crippen MR) is 54.8 cm³/mol. The van der Waals surface area contributed by atoms with Gasteiger partial charge in [-0.3, -0.25) is 9.78 Å². The molecule has 0 atom stereocenters. The van der Waals surface area contributed by atoms with Gasteiger partial charge >= 0.3 is 5.97 Å². The third-order valence-corrected chi connectivity index (χ3v) is 2.57. The molecular weight excluding hydrogens is 240 g/mol. The molecule has 0 aliphatic carbocycles. The lowest BCUT2D eigenvalue weighted by molar-refractivity contribution is -0.136. The van der Waals surface area contributed by atoms with Gasteiger partial charge in [-0.15, -0.1) is 11.6 Å². The number of carboxylic acids is 1. The van der Waals surface area contributed by atoms with Gasteiger partial charge in [0.25, 0.3) is 6.43 Å². The first-order valence-corrected chi connectivity index (χ1v) is 5.04. The Kier molecular flexibility index (Phi) is 4.18. The minimum Gasteiger partial charge on any atom is -0.481 e. The van der Waals surface area contributed by atoms with Gasteiger partial charge in [-0.25, -0.2) is 8.78 Å². The number of hydrogen-bond donors (Lipinski definition) is 1. The zero-order chi connectivity index (χ0) is 12.3. The minimum atomic E-state index is -2.78. The molecule has 16 heavy (non-hydrogen) atoms. The standard InChI is InChI=1S/C10H10ClF2NO2/c1-5-6(3-11)4-14-9(10(12)13)7(5)2-8(15)16/h4,10H,2-3H2,1H3,(H,15,16). The molecule has 1 rings (SSSR count). The average molecular weight is 250 g/mol. The molecule has 0 fully saturated rings. The summed E-state index contributed by atoms with van der Waals surface area (Å²) in [4.78, 5) is 14.2. The van der Waals surface area contributed by atoms with Gasteiger partial charge in [0.15, 0.2) is 0 Å². The van der Waals surface area contributed by atoms with Gasteiger partial charge in [-0.1, -0.05) is 0 Å². The number of rotatable bonds is 4. The monoisotopic (exact) mass is 249 g/mol. The summed E-state index contributed by atoms with van der Waals surface area (Å²) in [5.74, 6) is -1.05. The molecular formula is C10H10ClF2NO2. The molecule has 0 saturated carbocycles. The third-order valence-electron chi connectivity index (χ3n) is 2.28. The summed E-state index contributed by atoms with van der Waals surface area (Å²) < 4.78 is 25.2. The second kappa shape index (κ2) is 5.21. The molecule has 0 unspecified atom stereocenters. The number of pyridine rings is 1. The highest BCUT2D eigenvalue weighted by Crippen LogP contribution is 2.26. The van der Waals surface area contributed by atoms with Gasteiger partial charge < -0.3 is 5.11 Å². The van der Waals surface area contributed by atoms with Crippen LogP contribution in [0.15, 0.2) is 6.20 Å². The van der Waals surface area contributed by atoms with E-state index in [2.05, 4.69) is 4.98 Å². The fraction of sp³-hybridized carbons (Fsp3) is 0.400. The molecule has 88 valence electrons. The maximum absolute atomic E-state index is 12.6. The maximum atomic E-state index is 12.6. The number of alkyl halides is 3. The summed E-state index contributed by atoms with van der Waals surface area (Å²) in [5.41, 5.74) is 0.624. The van der Waals surface area contributed by atoms with E-state index in [0.29, 0.717) is 11.1 Å². The van der Waals surface area contributed by atoms with Crippen molar-refractivity contribution in [3.8, 4) is 0 Å². The van der Waals surface area contributed by atoms with Crippen LogP contribution in [0.1, 0.15) is 28.8 Å². The summed E-state index contributed by atoms with van der Waals surface area (Å²) in [7, 11) is 0. The van der Waals surface area contributed by atoms with E-state index in [4.69, 9.17) is 16.7 Å². The number of carboxylic acid groups (broad SMARTS) is 1. The van der Waals surface area contributed by atoms with E-state index in [1.54, 1.807) is 6.92 Å². The van der Waals surface area contributed by atoms with Gasteiger partial charge in [0.1, 0.15) is 5.69 Å². The number of nitrogens with zero attached hydrogens (tertiary/aromatic N) is 1. The number of aliphatic carboxylic acids is 1. The number of aromatic nitrogens is 1. The highest BCUT2D eigenvalue weighted by Gasteiger charge is 2.20. The first-order chi connectivity index (χ1) is 7.47. The van der Waals surface area contributed by atoms with E-state index in [0.717, 1.165) is 0 Å². The van der Waals surface area contributed by atoms with Gasteiger partial charge in [0.05, 0.1) is 6.42 Å². The van der Waals surface area contributed by atoms with E-state index in [1.165, 1.54) is 6.20 Å². The second-order valence-corrected chi connectivity index (χ2v) is 3.54. The van der Waals surface area contributed by atoms with Crippen LogP contribution >= 0.6 is 11.6 Å². The SMILES string of the molecule is Cc1c(CCl)cnc(C(F)F)c1CC(=O)O. The van der Waals surface area contributed by atoms with Crippen molar-refractivity contribution in [2.75, 3.05) is 0 Å². The first kappa shape index (κ1) is 12.8. The largest absolute Gasteiger partial charge is 0.481 e. The quantitative estimate of drug-likeness (QED) is 0.835. The van der Waals surface area contributed by atoms with Gasteiger partial charge in [-0.05, 0) is 23.6 Å². The Balaban J connectivity index is 3.30. The molecule has 0 radical (unpaired) electrons. The molecule has 1 N–H and O–H groups in total. The lowest BCUT2D eigenvalue weighted by Crippen LogP contribution is -2.09. The summed E-state index contributed by atoms with van der Waals surface area (Å²) >= 11 is 5.60. The highest BCUT2D eigenvalue weighted by molar-refractivity contribution is 6.17. The summed E-state index contributed by atoms with van der Waals surface area (Å²) in [6, 6.07) is 0. The van der Waals surface area contributed by atoms with Crippen LogP contribution < -0.4 is 0 Å². The van der Waals surface area contributed by atoms with E-state index >= 15 is 0 Å². The zero-order valence-corrected chi connectivity index (χ0v) is 9.26. The fourth-order valence-corrected chi connectivity index (χ4v) is 1.67. The zero-order valence-electron chi connectivity index (χ0n) is 8.51. The molecule has 0 bridgehead atoms. The smallest absolute Gasteiger partial charge is 0.307 e. The van der Waals surface area contributed by atoms with Crippen LogP contribution in [0, 0.1) is 6.92 Å². The molecule has 1 heterocycles. The van der Waals surface area contributed by atoms with Crippen molar-refractivity contribution in [1.82, 2.24) is 4.98 Å². The lowest BCUT2D eigenvalue weighted by Gasteiger charge is -2.12. The topological polar surface area (TPSA) is 50.2 Å². The number of hydrogen-bond acceptors (Lipinski definition) is 2. The Bertz CT molecular complexity index is 410. The Morgan fingerprint density at radius 3 is 2.69 bits per heavy atom. The Hall–Kier alpha value is -1.23. The second-order valence-electron chi connectivity index (χ2n) is 3.28. The van der Waals surface area contributed by atoms with Crippen LogP contribution in [0.3, 0.4) is 0 Å². The van der Waals surface area contributed by atoms with Crippen LogP contribution in [0.2, 0.25) is 0 Å². The normalized spacial score (nSPS) is 10.8. The third kappa shape index (κ3) is 2.66. The molecule has 0 aliphatic heterocycles. The molecule has 0 amide bonds. The van der Waals surface area contributed by atoms with Gasteiger partial charge in [0, 0.05) is 12.1 Å². The molecule has 1 aromatic rings. The van der Waals surface area contributed by atoms with Crippen molar-refractivity contribution < 1.29 is 18.7 Å². The molecule has 1 aromatic heterocycles. The Morgan fingerprint density at radius 1 is 1.62 bits per heavy atom. The molecule has 0 aromatic carbocycles. The Labute approximate surface area is 96.1 Å². The lowest BCUT2D eigenvalue weighted by atomic mass is 10.0. The molecule has 3 nitrogen and oxygen atoms in total. The van der Waals surface area contributed by atoms with E-state index in [1.807, 2.05) is 0 Å². The Morgan fingerprint density at radius 2 is 2.25 bits per heavy atom. The summed E-state index contributed by atoms with van der Waals surface area (Å²) in [6.45, 7) is 1.57. The van der Waals surface area contributed by atoms with Crippen LogP contribution in [0.5, 0.6) is 0 Å². The van der Waals surface area contributed by atoms with Crippen LogP contribution in [0.4, 0.5) is 8.78 Å². The first-order valence-electron chi connectivity index (χ1n) is 4.50. The summed E-state index contributed by atoms with van der Waals surface area (Å²) in [5, 5.41) is 8.66. The van der Waals surface area contributed by atoms with E-state index < -0.39 is 24.5 Å². The average Bonchev–Trinajstić information content (AvgIpc) is 2.19. The van der Waals surface area contributed by atoms with Gasteiger partial charge in [-0.2, -0.15) is 0 Å². The van der Waals surface area contributed by atoms with Gasteiger partial charge in [0.2, 0.25) is 0 Å². The molecule has 6 heteroatoms. The molecule has 0 spiro atoms. The van der Waals surface area contributed by atoms with Crippen LogP contribution in [-0.2, 0) is 17.1 Å². The molecule has 0 aliphatic rings. The van der Waals surface area contributed by atoms with Crippen molar-refractivity contribution in [3.63, 3.8) is 0 Å². The van der Waals surface area contributed by atoms with Crippen molar-refractivity contribution in [2.45, 2.75) is 25.7 Å². The highest BCUT2D eigenvalue weighted by atomic mass is 35.5. The minimum absolute atomic E-state index is 0.0562. The summed E-state index contributed by atoms with van der Waals surface area (Å²) in [6.07, 6.45) is -1.99. The van der Waals surface area contributed by atoms with Crippen molar-refractivity contribution in [2.24, 2.45) is 0 Å². The van der Waals surface area contributed by atoms with E-state index in [9.17, 15) is 13.6 Å². The van der Waals surface area contributed by atoms with Crippen molar-refractivity contribution >= 4 is 17.6 Å². The van der Waals surface area contributed by atoms with Crippen LogP contribution in [0.25, 0.3) is 0 Å². The number of halogens is 3. The van der Waals surface area contributed by atoms with E-state index in [-0.39, 0.29) is 11.4 Å². The number of carbonyl (C=O) groups is 1. The van der Waals surface area contributed by atoms with Crippen molar-refractivity contribution in [3.05, 3.63) is 28.6 Å². The fourth-order valence-electron chi connectivity index (χ4n) is 1.41. The molecule has 0 saturated heterocycles. The predicted octanol–water partition coefficient (Wildman–Crippen LogP) is 2.69. The van der Waals surface area contributed by atoms with Crippen LogP contribution in [-0.4, -0.2) is 16.1 Å². The van der Waals surface area contributed by atoms with Crippen molar-refractivity contribution in [1.29, 1.82) is 0 Å². The maximum Gasteiger partial charge on any atom is 0.307 e.